The fraction of sp³-hybridized carbons (Fsp3) is 0.278. The van der Waals surface area contributed by atoms with E-state index >= 15 is 0 Å². The van der Waals surface area contributed by atoms with Crippen molar-refractivity contribution in [3.63, 3.8) is 0 Å². The first-order valence-electron chi connectivity index (χ1n) is 7.95. The third kappa shape index (κ3) is 6.74. The monoisotopic (exact) mass is 436 g/mol. The highest BCUT2D eigenvalue weighted by atomic mass is 35.5. The lowest BCUT2D eigenvalue weighted by atomic mass is 10.2. The Balaban J connectivity index is 0.00000182. The second-order valence-corrected chi connectivity index (χ2v) is 6.08. The van der Waals surface area contributed by atoms with E-state index in [0.717, 1.165) is 0 Å². The molecule has 27 heavy (non-hydrogen) atoms. The molecular formula is C18H20Cl3FN2O3. The van der Waals surface area contributed by atoms with Gasteiger partial charge >= 0.3 is 6.09 Å². The van der Waals surface area contributed by atoms with Crippen molar-refractivity contribution in [2.45, 2.75) is 6.04 Å². The highest BCUT2D eigenvalue weighted by Gasteiger charge is 2.28. The molecule has 5 nitrogen and oxygen atoms in total. The van der Waals surface area contributed by atoms with E-state index < -0.39 is 6.09 Å². The molecule has 0 aliphatic carbocycles. The van der Waals surface area contributed by atoms with Crippen LogP contribution in [-0.4, -0.2) is 43.3 Å². The lowest BCUT2D eigenvalue weighted by molar-refractivity contribution is 0.0953. The van der Waals surface area contributed by atoms with Gasteiger partial charge in [-0.1, -0.05) is 17.7 Å². The standard InChI is InChI=1S/C18H18ClFN2O3.2ClH/c19-13-4-6-16(7-5-13)25-18(23)22-9-8-21-11-15(22)12-24-17-3-1-2-14(20)10-17;;/h1-7,10,15,21H,8-9,11-12H2;2*1H. The van der Waals surface area contributed by atoms with Crippen molar-refractivity contribution >= 4 is 42.5 Å². The maximum atomic E-state index is 13.2. The molecule has 9 heteroatoms. The van der Waals surface area contributed by atoms with E-state index in [4.69, 9.17) is 21.1 Å². The van der Waals surface area contributed by atoms with Crippen molar-refractivity contribution in [1.29, 1.82) is 0 Å². The van der Waals surface area contributed by atoms with Crippen molar-refractivity contribution in [3.8, 4) is 11.5 Å². The zero-order valence-corrected chi connectivity index (χ0v) is 16.7. The number of halogens is 4. The van der Waals surface area contributed by atoms with E-state index in [2.05, 4.69) is 5.32 Å². The molecule has 0 spiro atoms. The number of rotatable bonds is 4. The minimum Gasteiger partial charge on any atom is -0.491 e. The zero-order valence-electron chi connectivity index (χ0n) is 14.3. The van der Waals surface area contributed by atoms with Gasteiger partial charge in [-0.3, -0.25) is 4.90 Å². The largest absolute Gasteiger partial charge is 0.491 e. The van der Waals surface area contributed by atoms with Crippen LogP contribution in [0.5, 0.6) is 11.5 Å². The minimum absolute atomic E-state index is 0. The van der Waals surface area contributed by atoms with E-state index in [0.29, 0.717) is 36.2 Å². The van der Waals surface area contributed by atoms with Gasteiger partial charge in [0, 0.05) is 30.7 Å². The fourth-order valence-electron chi connectivity index (χ4n) is 2.56. The molecule has 0 aromatic heterocycles. The van der Waals surface area contributed by atoms with Gasteiger partial charge in [-0.2, -0.15) is 0 Å². The van der Waals surface area contributed by atoms with Crippen LogP contribution < -0.4 is 14.8 Å². The molecule has 1 aliphatic rings. The van der Waals surface area contributed by atoms with Crippen LogP contribution in [0.4, 0.5) is 9.18 Å². The number of amides is 1. The van der Waals surface area contributed by atoms with Gasteiger partial charge in [0.05, 0.1) is 6.04 Å². The molecule has 2 aromatic carbocycles. The molecule has 1 amide bonds. The van der Waals surface area contributed by atoms with E-state index in [-0.39, 0.29) is 43.3 Å². The minimum atomic E-state index is -0.448. The average molecular weight is 438 g/mol. The van der Waals surface area contributed by atoms with Crippen LogP contribution in [-0.2, 0) is 0 Å². The molecule has 1 aliphatic heterocycles. The zero-order chi connectivity index (χ0) is 17.6. The Morgan fingerprint density at radius 3 is 2.63 bits per heavy atom. The summed E-state index contributed by atoms with van der Waals surface area (Å²) in [5.41, 5.74) is 0. The summed E-state index contributed by atoms with van der Waals surface area (Å²) in [6, 6.07) is 12.3. The molecule has 1 atom stereocenters. The third-order valence-electron chi connectivity index (χ3n) is 3.84. The number of carbonyl (C=O) groups is 1. The summed E-state index contributed by atoms with van der Waals surface area (Å²) in [5.74, 6) is 0.493. The topological polar surface area (TPSA) is 50.8 Å². The predicted octanol–water partition coefficient (Wildman–Crippen LogP) is 4.17. The first-order chi connectivity index (χ1) is 12.1. The summed E-state index contributed by atoms with van der Waals surface area (Å²) in [7, 11) is 0. The summed E-state index contributed by atoms with van der Waals surface area (Å²) in [6.07, 6.45) is -0.448. The maximum Gasteiger partial charge on any atom is 0.415 e. The molecular weight excluding hydrogens is 418 g/mol. The molecule has 1 heterocycles. The Kier molecular flexibility index (Phi) is 9.66. The van der Waals surface area contributed by atoms with Crippen LogP contribution in [0, 0.1) is 5.82 Å². The Morgan fingerprint density at radius 2 is 1.93 bits per heavy atom. The number of piperazine rings is 1. The van der Waals surface area contributed by atoms with Crippen LogP contribution >= 0.6 is 36.4 Å². The number of nitrogens with zero attached hydrogens (tertiary/aromatic N) is 1. The SMILES string of the molecule is Cl.Cl.O=C(Oc1ccc(Cl)cc1)N1CCNCC1COc1cccc(F)c1. The van der Waals surface area contributed by atoms with Crippen LogP contribution in [0.25, 0.3) is 0 Å². The lowest BCUT2D eigenvalue weighted by Crippen LogP contribution is -2.56. The molecule has 1 unspecified atom stereocenters. The first kappa shape index (κ1) is 23.3. The van der Waals surface area contributed by atoms with Gasteiger partial charge in [-0.25, -0.2) is 9.18 Å². The van der Waals surface area contributed by atoms with Crippen LogP contribution in [0.3, 0.4) is 0 Å². The number of nitrogens with one attached hydrogen (secondary N) is 1. The molecule has 3 rings (SSSR count). The highest BCUT2D eigenvalue weighted by molar-refractivity contribution is 6.30. The molecule has 1 fully saturated rings. The van der Waals surface area contributed by atoms with Gasteiger partial charge in [0.2, 0.25) is 0 Å². The average Bonchev–Trinajstić information content (AvgIpc) is 2.62. The summed E-state index contributed by atoms with van der Waals surface area (Å²) >= 11 is 5.83. The van der Waals surface area contributed by atoms with Crippen LogP contribution in [0.1, 0.15) is 0 Å². The quantitative estimate of drug-likeness (QED) is 0.780. The number of ether oxygens (including phenoxy) is 2. The second-order valence-electron chi connectivity index (χ2n) is 5.64. The van der Waals surface area contributed by atoms with Gasteiger partial charge in [-0.15, -0.1) is 24.8 Å². The van der Waals surface area contributed by atoms with Crippen molar-refractivity contribution in [1.82, 2.24) is 10.2 Å². The van der Waals surface area contributed by atoms with Gasteiger partial charge in [-0.05, 0) is 36.4 Å². The molecule has 0 saturated carbocycles. The summed E-state index contributed by atoms with van der Waals surface area (Å²) in [5, 5.41) is 3.79. The predicted molar refractivity (Wildman–Crippen MR) is 107 cm³/mol. The van der Waals surface area contributed by atoms with E-state index in [1.54, 1.807) is 41.3 Å². The first-order valence-corrected chi connectivity index (χ1v) is 8.33. The van der Waals surface area contributed by atoms with E-state index in [9.17, 15) is 9.18 Å². The number of carbonyl (C=O) groups excluding carboxylic acids is 1. The highest BCUT2D eigenvalue weighted by Crippen LogP contribution is 2.18. The van der Waals surface area contributed by atoms with Crippen molar-refractivity contribution in [3.05, 3.63) is 59.4 Å². The van der Waals surface area contributed by atoms with Crippen molar-refractivity contribution in [2.24, 2.45) is 0 Å². The lowest BCUT2D eigenvalue weighted by Gasteiger charge is -2.35. The van der Waals surface area contributed by atoms with Crippen molar-refractivity contribution < 1.29 is 18.7 Å². The Labute approximate surface area is 174 Å². The molecule has 148 valence electrons. The summed E-state index contributed by atoms with van der Waals surface area (Å²) in [4.78, 5) is 14.1. The molecule has 1 saturated heterocycles. The van der Waals surface area contributed by atoms with Crippen LogP contribution in [0.15, 0.2) is 48.5 Å². The second kappa shape index (κ2) is 11.2. The summed E-state index contributed by atoms with van der Waals surface area (Å²) < 4.78 is 24.2. The molecule has 0 radical (unpaired) electrons. The smallest absolute Gasteiger partial charge is 0.415 e. The van der Waals surface area contributed by atoms with Gasteiger partial charge in [0.1, 0.15) is 23.9 Å². The van der Waals surface area contributed by atoms with E-state index in [1.165, 1.54) is 12.1 Å². The van der Waals surface area contributed by atoms with Crippen molar-refractivity contribution in [2.75, 3.05) is 26.2 Å². The van der Waals surface area contributed by atoms with Crippen LogP contribution in [0.2, 0.25) is 5.02 Å². The molecule has 2 aromatic rings. The normalized spacial score (nSPS) is 15.9. The number of benzene rings is 2. The Bertz CT molecular complexity index is 734. The Morgan fingerprint density at radius 1 is 1.19 bits per heavy atom. The van der Waals surface area contributed by atoms with Gasteiger partial charge in [0.15, 0.2) is 0 Å². The van der Waals surface area contributed by atoms with E-state index in [1.807, 2.05) is 0 Å². The number of hydrogen-bond acceptors (Lipinski definition) is 4. The Hall–Kier alpha value is -1.73. The number of hydrogen-bond donors (Lipinski definition) is 1. The fourth-order valence-corrected chi connectivity index (χ4v) is 2.69. The van der Waals surface area contributed by atoms with Gasteiger partial charge in [0.25, 0.3) is 0 Å². The molecule has 0 bridgehead atoms. The third-order valence-corrected chi connectivity index (χ3v) is 4.09. The van der Waals surface area contributed by atoms with Gasteiger partial charge < -0.3 is 14.8 Å². The molecule has 1 N–H and O–H groups in total. The maximum absolute atomic E-state index is 13.2. The summed E-state index contributed by atoms with van der Waals surface area (Å²) in [6.45, 7) is 1.99.